The Labute approximate surface area is 138 Å². The van der Waals surface area contributed by atoms with Crippen LogP contribution < -0.4 is 10.5 Å². The fraction of sp³-hybridized carbons (Fsp3) is 0.467. The first-order chi connectivity index (χ1) is 11.5. The van der Waals surface area contributed by atoms with E-state index in [0.717, 1.165) is 19.3 Å². The molecule has 2 aromatic heterocycles. The molecular formula is C15H20N6O3. The molecule has 0 radical (unpaired) electrons. The van der Waals surface area contributed by atoms with E-state index in [1.165, 1.54) is 7.11 Å². The van der Waals surface area contributed by atoms with Crippen LogP contribution in [-0.2, 0) is 7.05 Å². The Morgan fingerprint density at radius 3 is 2.88 bits per heavy atom. The van der Waals surface area contributed by atoms with Gasteiger partial charge < -0.3 is 15.4 Å². The normalized spacial score (nSPS) is 17.8. The van der Waals surface area contributed by atoms with Crippen molar-refractivity contribution in [2.75, 3.05) is 13.7 Å². The van der Waals surface area contributed by atoms with Crippen LogP contribution in [0.3, 0.4) is 0 Å². The van der Waals surface area contributed by atoms with Crippen LogP contribution in [0.1, 0.15) is 51.8 Å². The Balaban J connectivity index is 1.91. The van der Waals surface area contributed by atoms with Crippen LogP contribution in [0.4, 0.5) is 0 Å². The minimum absolute atomic E-state index is 0.153. The second kappa shape index (κ2) is 6.34. The summed E-state index contributed by atoms with van der Waals surface area (Å²) in [7, 11) is 3.22. The number of ether oxygens (including phenoxy) is 1. The summed E-state index contributed by atoms with van der Waals surface area (Å²) in [4.78, 5) is 26.0. The second-order valence-electron chi connectivity index (χ2n) is 5.81. The van der Waals surface area contributed by atoms with Crippen molar-refractivity contribution < 1.29 is 14.3 Å². The quantitative estimate of drug-likeness (QED) is 0.850. The Morgan fingerprint density at radius 2 is 2.21 bits per heavy atom. The second-order valence-corrected chi connectivity index (χ2v) is 5.81. The third kappa shape index (κ3) is 2.84. The number of rotatable bonds is 4. The van der Waals surface area contributed by atoms with E-state index in [9.17, 15) is 9.59 Å². The molecule has 24 heavy (non-hydrogen) atoms. The van der Waals surface area contributed by atoms with Gasteiger partial charge in [-0.3, -0.25) is 19.4 Å². The van der Waals surface area contributed by atoms with Crippen LogP contribution >= 0.6 is 0 Å². The van der Waals surface area contributed by atoms with Crippen LogP contribution in [0.2, 0.25) is 0 Å². The maximum Gasteiger partial charge on any atom is 0.269 e. The Hall–Kier alpha value is -2.84. The molecule has 0 aliphatic carbocycles. The number of likely N-dealkylation sites (tertiary alicyclic amines) is 1. The number of amides is 2. The first kappa shape index (κ1) is 16.0. The fourth-order valence-corrected chi connectivity index (χ4v) is 3.05. The van der Waals surface area contributed by atoms with Crippen molar-refractivity contribution in [3.8, 4) is 5.88 Å². The number of nitrogens with one attached hydrogen (secondary N) is 1. The molecule has 0 aromatic carbocycles. The molecule has 128 valence electrons. The maximum atomic E-state index is 13.0. The highest BCUT2D eigenvalue weighted by molar-refractivity contribution is 5.96. The monoisotopic (exact) mass is 332 g/mol. The minimum Gasteiger partial charge on any atom is -0.479 e. The van der Waals surface area contributed by atoms with E-state index in [1.807, 2.05) is 0 Å². The number of nitrogens with zero attached hydrogens (tertiary/aromatic N) is 4. The summed E-state index contributed by atoms with van der Waals surface area (Å²) in [5, 5.41) is 10.9. The molecule has 0 saturated carbocycles. The number of piperidine rings is 1. The molecule has 9 heteroatoms. The zero-order valence-electron chi connectivity index (χ0n) is 13.7. The standard InChI is InChI=1S/C15H20N6O3/c1-20-8-9(14(19-20)24-2)15(23)21-6-4-3-5-12(21)10-7-11(13(16)22)18-17-10/h7-8,12H,3-6H2,1-2H3,(H2,16,22)(H,17,18)/t12-/m0/s1. The molecule has 1 fully saturated rings. The van der Waals surface area contributed by atoms with Gasteiger partial charge in [-0.25, -0.2) is 0 Å². The van der Waals surface area contributed by atoms with E-state index in [2.05, 4.69) is 15.3 Å². The van der Waals surface area contributed by atoms with E-state index in [-0.39, 0.29) is 17.6 Å². The predicted molar refractivity (Wildman–Crippen MR) is 84.5 cm³/mol. The molecule has 3 rings (SSSR count). The molecule has 0 spiro atoms. The van der Waals surface area contributed by atoms with E-state index in [0.29, 0.717) is 23.7 Å². The summed E-state index contributed by atoms with van der Waals surface area (Å²) in [5.41, 5.74) is 6.55. The lowest BCUT2D eigenvalue weighted by Gasteiger charge is -2.34. The molecular weight excluding hydrogens is 312 g/mol. The van der Waals surface area contributed by atoms with Crippen LogP contribution in [-0.4, -0.2) is 50.3 Å². The number of H-pyrrole nitrogens is 1. The summed E-state index contributed by atoms with van der Waals surface area (Å²) in [6.45, 7) is 0.618. The lowest BCUT2D eigenvalue weighted by atomic mass is 9.98. The summed E-state index contributed by atoms with van der Waals surface area (Å²) in [6, 6.07) is 1.43. The number of aromatic amines is 1. The number of aromatic nitrogens is 4. The predicted octanol–water partition coefficient (Wildman–Crippen LogP) is 0.618. The molecule has 0 unspecified atom stereocenters. The third-order valence-corrected chi connectivity index (χ3v) is 4.19. The van der Waals surface area contributed by atoms with Gasteiger partial charge in [-0.1, -0.05) is 0 Å². The summed E-state index contributed by atoms with van der Waals surface area (Å²) in [6.07, 6.45) is 4.34. The molecule has 1 saturated heterocycles. The lowest BCUT2D eigenvalue weighted by Crippen LogP contribution is -2.38. The SMILES string of the molecule is COc1nn(C)cc1C(=O)N1CCCC[C@H]1c1cc(C(N)=O)n[nH]1. The highest BCUT2D eigenvalue weighted by atomic mass is 16.5. The average molecular weight is 332 g/mol. The smallest absolute Gasteiger partial charge is 0.269 e. The van der Waals surface area contributed by atoms with Gasteiger partial charge in [-0.05, 0) is 25.3 Å². The molecule has 3 heterocycles. The molecule has 2 amide bonds. The van der Waals surface area contributed by atoms with Crippen molar-refractivity contribution in [1.29, 1.82) is 0 Å². The van der Waals surface area contributed by atoms with Gasteiger partial charge in [0.15, 0.2) is 0 Å². The maximum absolute atomic E-state index is 13.0. The summed E-state index contributed by atoms with van der Waals surface area (Å²) in [5.74, 6) is -0.450. The zero-order chi connectivity index (χ0) is 17.3. The largest absolute Gasteiger partial charge is 0.479 e. The number of carbonyl (C=O) groups excluding carboxylic acids is 2. The summed E-state index contributed by atoms with van der Waals surface area (Å²) < 4.78 is 6.74. The van der Waals surface area contributed by atoms with Gasteiger partial charge in [0, 0.05) is 19.8 Å². The van der Waals surface area contributed by atoms with E-state index >= 15 is 0 Å². The van der Waals surface area contributed by atoms with Gasteiger partial charge in [-0.15, -0.1) is 5.10 Å². The van der Waals surface area contributed by atoms with Gasteiger partial charge in [0.05, 0.1) is 18.8 Å². The molecule has 1 atom stereocenters. The molecule has 3 N–H and O–H groups in total. The van der Waals surface area contributed by atoms with Crippen molar-refractivity contribution in [3.05, 3.63) is 29.2 Å². The van der Waals surface area contributed by atoms with Gasteiger partial charge in [-0.2, -0.15) is 5.10 Å². The van der Waals surface area contributed by atoms with Crippen LogP contribution in [0.5, 0.6) is 5.88 Å². The number of hydrogen-bond acceptors (Lipinski definition) is 5. The van der Waals surface area contributed by atoms with E-state index in [4.69, 9.17) is 10.5 Å². The minimum atomic E-state index is -0.597. The lowest BCUT2D eigenvalue weighted by molar-refractivity contribution is 0.0602. The van der Waals surface area contributed by atoms with Crippen LogP contribution in [0, 0.1) is 0 Å². The summed E-state index contributed by atoms with van der Waals surface area (Å²) >= 11 is 0. The first-order valence-electron chi connectivity index (χ1n) is 7.75. The molecule has 0 bridgehead atoms. The Morgan fingerprint density at radius 1 is 1.42 bits per heavy atom. The van der Waals surface area contributed by atoms with Crippen molar-refractivity contribution in [3.63, 3.8) is 0 Å². The van der Waals surface area contributed by atoms with Gasteiger partial charge in [0.25, 0.3) is 11.8 Å². The van der Waals surface area contributed by atoms with Crippen LogP contribution in [0.25, 0.3) is 0 Å². The molecule has 9 nitrogen and oxygen atoms in total. The highest BCUT2D eigenvalue weighted by Gasteiger charge is 2.32. The zero-order valence-corrected chi connectivity index (χ0v) is 13.7. The van der Waals surface area contributed by atoms with Crippen molar-refractivity contribution in [1.82, 2.24) is 24.9 Å². The number of aryl methyl sites for hydroxylation is 1. The van der Waals surface area contributed by atoms with Gasteiger partial charge in [0.1, 0.15) is 11.3 Å². The van der Waals surface area contributed by atoms with Crippen molar-refractivity contribution in [2.24, 2.45) is 12.8 Å². The van der Waals surface area contributed by atoms with E-state index in [1.54, 1.807) is 28.9 Å². The topological polar surface area (TPSA) is 119 Å². The fourth-order valence-electron chi connectivity index (χ4n) is 3.05. The van der Waals surface area contributed by atoms with E-state index < -0.39 is 5.91 Å². The molecule has 2 aromatic rings. The number of primary amides is 1. The van der Waals surface area contributed by atoms with Crippen molar-refractivity contribution in [2.45, 2.75) is 25.3 Å². The molecule has 1 aliphatic rings. The number of methoxy groups -OCH3 is 1. The van der Waals surface area contributed by atoms with Crippen LogP contribution in [0.15, 0.2) is 12.3 Å². The number of carbonyl (C=O) groups is 2. The third-order valence-electron chi connectivity index (χ3n) is 4.19. The Kier molecular flexibility index (Phi) is 4.24. The van der Waals surface area contributed by atoms with Gasteiger partial charge >= 0.3 is 0 Å². The highest BCUT2D eigenvalue weighted by Crippen LogP contribution is 2.32. The van der Waals surface area contributed by atoms with Crippen molar-refractivity contribution >= 4 is 11.8 Å². The number of hydrogen-bond donors (Lipinski definition) is 2. The number of nitrogens with two attached hydrogens (primary N) is 1. The Bertz CT molecular complexity index is 765. The first-order valence-corrected chi connectivity index (χ1v) is 7.75. The molecule has 1 aliphatic heterocycles. The average Bonchev–Trinajstić information content (AvgIpc) is 3.20. The van der Waals surface area contributed by atoms with Gasteiger partial charge in [0.2, 0.25) is 5.88 Å².